The number of ketones is 1. The predicted octanol–water partition coefficient (Wildman–Crippen LogP) is 1.18. The zero-order valence-corrected chi connectivity index (χ0v) is 15.3. The van der Waals surface area contributed by atoms with E-state index in [2.05, 4.69) is 13.8 Å². The van der Waals surface area contributed by atoms with Crippen LogP contribution in [0.5, 0.6) is 0 Å². The van der Waals surface area contributed by atoms with Crippen LogP contribution in [0, 0.1) is 11.8 Å². The average molecular weight is 337 g/mol. The normalized spacial score (nSPS) is 24.9. The van der Waals surface area contributed by atoms with Gasteiger partial charge in [0, 0.05) is 13.0 Å². The molecule has 6 heteroatoms. The second-order valence-corrected chi connectivity index (χ2v) is 7.99. The molecule has 0 radical (unpaired) electrons. The molecule has 0 aliphatic carbocycles. The molecule has 2 aliphatic heterocycles. The second kappa shape index (κ2) is 7.64. The number of hydrogen-bond donors (Lipinski definition) is 1. The number of carbonyl (C=O) groups is 3. The van der Waals surface area contributed by atoms with E-state index in [1.165, 1.54) is 0 Å². The van der Waals surface area contributed by atoms with Gasteiger partial charge in [-0.1, -0.05) is 27.7 Å². The number of likely N-dealkylation sites (tertiary alicyclic amines) is 2. The number of rotatable bonds is 6. The smallest absolute Gasteiger partial charge is 0.240 e. The van der Waals surface area contributed by atoms with E-state index in [-0.39, 0.29) is 30.2 Å². The number of fused-ring (bicyclic) bond motifs is 1. The summed E-state index contributed by atoms with van der Waals surface area (Å²) in [6.07, 6.45) is 2.57. The molecule has 2 aliphatic rings. The van der Waals surface area contributed by atoms with Crippen LogP contribution in [0.15, 0.2) is 0 Å². The minimum Gasteiger partial charge on any atom is -0.330 e. The van der Waals surface area contributed by atoms with Crippen LogP contribution in [0.4, 0.5) is 0 Å². The van der Waals surface area contributed by atoms with Crippen LogP contribution in [0.25, 0.3) is 0 Å². The summed E-state index contributed by atoms with van der Waals surface area (Å²) in [4.78, 5) is 40.8. The van der Waals surface area contributed by atoms with E-state index in [0.29, 0.717) is 37.6 Å². The predicted molar refractivity (Wildman–Crippen MR) is 92.1 cm³/mol. The first kappa shape index (κ1) is 18.9. The van der Waals surface area contributed by atoms with Crippen LogP contribution < -0.4 is 5.73 Å². The molecule has 2 fully saturated rings. The molecule has 0 spiro atoms. The standard InChI is InChI=1S/C18H31N3O3/c1-11(2)5-6-16(23)21-10-15(22)17-14(21)7-8-20(17)18(24)13(19)9-12(3)4/h11-14,17H,5-10,19H2,1-4H3. The topological polar surface area (TPSA) is 83.7 Å². The fraction of sp³-hybridized carbons (Fsp3) is 0.833. The van der Waals surface area contributed by atoms with Crippen molar-refractivity contribution in [2.45, 2.75) is 71.5 Å². The lowest BCUT2D eigenvalue weighted by atomic mass is 10.0. The van der Waals surface area contributed by atoms with Crippen molar-refractivity contribution in [2.24, 2.45) is 17.6 Å². The lowest BCUT2D eigenvalue weighted by molar-refractivity contribution is -0.137. The molecule has 2 N–H and O–H groups in total. The van der Waals surface area contributed by atoms with E-state index >= 15 is 0 Å². The Balaban J connectivity index is 2.03. The van der Waals surface area contributed by atoms with Gasteiger partial charge in [0.25, 0.3) is 0 Å². The number of nitrogens with zero attached hydrogens (tertiary/aromatic N) is 2. The molecule has 0 saturated carbocycles. The summed E-state index contributed by atoms with van der Waals surface area (Å²) < 4.78 is 0. The Kier molecular flexibility index (Phi) is 6.01. The molecule has 0 aromatic carbocycles. The third-order valence-electron chi connectivity index (χ3n) is 5.00. The van der Waals surface area contributed by atoms with Gasteiger partial charge in [-0.3, -0.25) is 14.4 Å². The van der Waals surface area contributed by atoms with E-state index < -0.39 is 12.1 Å². The van der Waals surface area contributed by atoms with Gasteiger partial charge in [0.15, 0.2) is 5.78 Å². The minimum absolute atomic E-state index is 0.0273. The van der Waals surface area contributed by atoms with Gasteiger partial charge in [-0.25, -0.2) is 0 Å². The van der Waals surface area contributed by atoms with E-state index in [4.69, 9.17) is 5.73 Å². The summed E-state index contributed by atoms with van der Waals surface area (Å²) in [6, 6.07) is -1.21. The van der Waals surface area contributed by atoms with Crippen molar-refractivity contribution in [3.05, 3.63) is 0 Å². The molecule has 2 heterocycles. The number of hydrogen-bond acceptors (Lipinski definition) is 4. The largest absolute Gasteiger partial charge is 0.330 e. The van der Waals surface area contributed by atoms with E-state index in [9.17, 15) is 14.4 Å². The van der Waals surface area contributed by atoms with Crippen molar-refractivity contribution in [1.82, 2.24) is 9.80 Å². The third kappa shape index (κ3) is 3.97. The highest BCUT2D eigenvalue weighted by Gasteiger charge is 2.51. The summed E-state index contributed by atoms with van der Waals surface area (Å²) >= 11 is 0. The minimum atomic E-state index is -0.567. The van der Waals surface area contributed by atoms with Crippen LogP contribution in [-0.2, 0) is 14.4 Å². The fourth-order valence-corrected chi connectivity index (χ4v) is 3.77. The lowest BCUT2D eigenvalue weighted by Crippen LogP contribution is -2.50. The van der Waals surface area contributed by atoms with Crippen molar-refractivity contribution >= 4 is 17.6 Å². The summed E-state index contributed by atoms with van der Waals surface area (Å²) in [7, 11) is 0. The molecule has 2 saturated heterocycles. The molecule has 24 heavy (non-hydrogen) atoms. The fourth-order valence-electron chi connectivity index (χ4n) is 3.77. The SMILES string of the molecule is CC(C)CCC(=O)N1CC(=O)C2C1CCN2C(=O)C(N)CC(C)C. The van der Waals surface area contributed by atoms with Gasteiger partial charge in [-0.2, -0.15) is 0 Å². The molecule has 3 atom stereocenters. The highest BCUT2D eigenvalue weighted by atomic mass is 16.2. The summed E-state index contributed by atoms with van der Waals surface area (Å²) in [5, 5.41) is 0. The quantitative estimate of drug-likeness (QED) is 0.789. The van der Waals surface area contributed by atoms with Crippen LogP contribution in [0.3, 0.4) is 0 Å². The van der Waals surface area contributed by atoms with Gasteiger partial charge in [-0.15, -0.1) is 0 Å². The van der Waals surface area contributed by atoms with Crippen molar-refractivity contribution in [1.29, 1.82) is 0 Å². The number of carbonyl (C=O) groups excluding carboxylic acids is 3. The summed E-state index contributed by atoms with van der Waals surface area (Å²) in [5.74, 6) is 0.640. The van der Waals surface area contributed by atoms with Gasteiger partial charge >= 0.3 is 0 Å². The maximum atomic E-state index is 12.6. The first-order valence-electron chi connectivity index (χ1n) is 9.10. The number of Topliss-reactive ketones (excluding diaryl/α,β-unsaturated/α-hetero) is 1. The lowest BCUT2D eigenvalue weighted by Gasteiger charge is -2.27. The highest BCUT2D eigenvalue weighted by Crippen LogP contribution is 2.31. The Morgan fingerprint density at radius 1 is 1.17 bits per heavy atom. The number of nitrogens with two attached hydrogens (primary N) is 1. The van der Waals surface area contributed by atoms with Crippen molar-refractivity contribution in [3.8, 4) is 0 Å². The van der Waals surface area contributed by atoms with Gasteiger partial charge < -0.3 is 15.5 Å². The maximum absolute atomic E-state index is 12.6. The first-order valence-corrected chi connectivity index (χ1v) is 9.10. The zero-order chi connectivity index (χ0) is 18.0. The summed E-state index contributed by atoms with van der Waals surface area (Å²) in [5.41, 5.74) is 6.02. The Hall–Kier alpha value is -1.43. The molecular weight excluding hydrogens is 306 g/mol. The van der Waals surface area contributed by atoms with Crippen LogP contribution >= 0.6 is 0 Å². The maximum Gasteiger partial charge on any atom is 0.240 e. The van der Waals surface area contributed by atoms with Gasteiger partial charge in [-0.05, 0) is 31.1 Å². The molecule has 6 nitrogen and oxygen atoms in total. The molecule has 3 unspecified atom stereocenters. The van der Waals surface area contributed by atoms with Crippen molar-refractivity contribution in [2.75, 3.05) is 13.1 Å². The van der Waals surface area contributed by atoms with Crippen molar-refractivity contribution in [3.63, 3.8) is 0 Å². The van der Waals surface area contributed by atoms with Crippen LogP contribution in [0.2, 0.25) is 0 Å². The molecule has 0 aromatic heterocycles. The average Bonchev–Trinajstić information content (AvgIpc) is 3.05. The first-order chi connectivity index (χ1) is 11.2. The molecule has 2 rings (SSSR count). The molecule has 2 amide bonds. The highest BCUT2D eigenvalue weighted by molar-refractivity contribution is 5.98. The molecular formula is C18H31N3O3. The van der Waals surface area contributed by atoms with E-state index in [1.807, 2.05) is 13.8 Å². The Morgan fingerprint density at radius 2 is 1.83 bits per heavy atom. The Labute approximate surface area is 144 Å². The molecule has 0 aromatic rings. The zero-order valence-electron chi connectivity index (χ0n) is 15.3. The Bertz CT molecular complexity index is 504. The van der Waals surface area contributed by atoms with Gasteiger partial charge in [0.2, 0.25) is 11.8 Å². The number of amides is 2. The van der Waals surface area contributed by atoms with E-state index in [1.54, 1.807) is 9.80 Å². The van der Waals surface area contributed by atoms with E-state index in [0.717, 1.165) is 6.42 Å². The van der Waals surface area contributed by atoms with Gasteiger partial charge in [0.1, 0.15) is 6.04 Å². The third-order valence-corrected chi connectivity index (χ3v) is 5.00. The summed E-state index contributed by atoms with van der Waals surface area (Å²) in [6.45, 7) is 8.86. The molecule has 136 valence electrons. The second-order valence-electron chi connectivity index (χ2n) is 7.99. The van der Waals surface area contributed by atoms with Crippen LogP contribution in [0.1, 0.15) is 53.4 Å². The van der Waals surface area contributed by atoms with Crippen molar-refractivity contribution < 1.29 is 14.4 Å². The Morgan fingerprint density at radius 3 is 2.42 bits per heavy atom. The molecule has 0 bridgehead atoms. The van der Waals surface area contributed by atoms with Gasteiger partial charge in [0.05, 0.1) is 18.6 Å². The van der Waals surface area contributed by atoms with Crippen LogP contribution in [-0.4, -0.2) is 58.6 Å². The monoisotopic (exact) mass is 337 g/mol.